The van der Waals surface area contributed by atoms with Crippen LogP contribution in [0.4, 0.5) is 10.5 Å². The Morgan fingerprint density at radius 2 is 1.95 bits per heavy atom. The largest absolute Gasteiger partial charge is 0.444 e. The standard InChI is InChI=1S/C15H23N3O3/c1-15(2,3)21-14(20)17-12-7-11(8-12)16-10-5-6-13(19)18(4)9-10/h5-6,9,11-12,16H,7-8H2,1-4H3,(H,17,20). The van der Waals surface area contributed by atoms with Crippen molar-refractivity contribution < 1.29 is 9.53 Å². The third-order valence-electron chi connectivity index (χ3n) is 3.32. The summed E-state index contributed by atoms with van der Waals surface area (Å²) in [6.07, 6.45) is 3.11. The van der Waals surface area contributed by atoms with Gasteiger partial charge in [0.1, 0.15) is 5.60 Å². The number of nitrogens with one attached hydrogen (secondary N) is 2. The van der Waals surface area contributed by atoms with Gasteiger partial charge in [-0.15, -0.1) is 0 Å². The molecule has 0 bridgehead atoms. The Labute approximate surface area is 124 Å². The van der Waals surface area contributed by atoms with Crippen molar-refractivity contribution in [2.75, 3.05) is 5.32 Å². The Hall–Kier alpha value is -1.98. The number of carbonyl (C=O) groups is 1. The minimum absolute atomic E-state index is 0.0290. The topological polar surface area (TPSA) is 72.4 Å². The molecule has 116 valence electrons. The van der Waals surface area contributed by atoms with Gasteiger partial charge >= 0.3 is 6.09 Å². The Morgan fingerprint density at radius 3 is 2.52 bits per heavy atom. The van der Waals surface area contributed by atoms with E-state index in [2.05, 4.69) is 10.6 Å². The molecule has 0 aromatic carbocycles. The van der Waals surface area contributed by atoms with E-state index in [4.69, 9.17) is 4.74 Å². The summed E-state index contributed by atoms with van der Waals surface area (Å²) in [6.45, 7) is 5.53. The molecule has 1 aromatic rings. The smallest absolute Gasteiger partial charge is 0.407 e. The second kappa shape index (κ2) is 5.79. The van der Waals surface area contributed by atoms with E-state index < -0.39 is 5.60 Å². The number of hydrogen-bond donors (Lipinski definition) is 2. The molecule has 21 heavy (non-hydrogen) atoms. The van der Waals surface area contributed by atoms with Gasteiger partial charge in [-0.2, -0.15) is 0 Å². The summed E-state index contributed by atoms with van der Waals surface area (Å²) in [6, 6.07) is 3.77. The van der Waals surface area contributed by atoms with Crippen LogP contribution in [0.2, 0.25) is 0 Å². The van der Waals surface area contributed by atoms with Crippen molar-refractivity contribution in [3.63, 3.8) is 0 Å². The van der Waals surface area contributed by atoms with Crippen LogP contribution in [0, 0.1) is 0 Å². The molecule has 1 aromatic heterocycles. The number of pyridine rings is 1. The lowest BCUT2D eigenvalue weighted by molar-refractivity contribution is 0.0475. The predicted molar refractivity (Wildman–Crippen MR) is 81.5 cm³/mol. The Bertz CT molecular complexity index is 568. The Balaban J connectivity index is 1.75. The van der Waals surface area contributed by atoms with Crippen LogP contribution in [0.1, 0.15) is 33.6 Å². The SMILES string of the molecule is Cn1cc(NC2CC(NC(=O)OC(C)(C)C)C2)ccc1=O. The molecular weight excluding hydrogens is 270 g/mol. The summed E-state index contributed by atoms with van der Waals surface area (Å²) in [5, 5.41) is 6.20. The molecule has 1 aliphatic carbocycles. The van der Waals surface area contributed by atoms with Crippen molar-refractivity contribution >= 4 is 11.8 Å². The first-order valence-electron chi connectivity index (χ1n) is 7.16. The van der Waals surface area contributed by atoms with Crippen LogP contribution in [0.25, 0.3) is 0 Å². The highest BCUT2D eigenvalue weighted by molar-refractivity contribution is 5.68. The number of anilines is 1. The first-order valence-corrected chi connectivity index (χ1v) is 7.16. The van der Waals surface area contributed by atoms with Gasteiger partial charge in [-0.25, -0.2) is 4.79 Å². The molecule has 1 saturated carbocycles. The lowest BCUT2D eigenvalue weighted by Crippen LogP contribution is -2.50. The number of amides is 1. The molecule has 0 spiro atoms. The van der Waals surface area contributed by atoms with Crippen LogP contribution in [0.5, 0.6) is 0 Å². The number of hydrogen-bond acceptors (Lipinski definition) is 4. The zero-order valence-corrected chi connectivity index (χ0v) is 13.0. The van der Waals surface area contributed by atoms with Gasteiger partial charge in [-0.1, -0.05) is 0 Å². The van der Waals surface area contributed by atoms with Crippen molar-refractivity contribution in [1.82, 2.24) is 9.88 Å². The summed E-state index contributed by atoms with van der Waals surface area (Å²) >= 11 is 0. The van der Waals surface area contributed by atoms with Crippen LogP contribution >= 0.6 is 0 Å². The van der Waals surface area contributed by atoms with Crippen LogP contribution in [-0.4, -0.2) is 28.3 Å². The molecule has 1 aliphatic rings. The van der Waals surface area contributed by atoms with E-state index in [1.54, 1.807) is 19.3 Å². The fraction of sp³-hybridized carbons (Fsp3) is 0.600. The Kier molecular flexibility index (Phi) is 4.25. The number of carbonyl (C=O) groups excluding carboxylic acids is 1. The van der Waals surface area contributed by atoms with Crippen LogP contribution in [0.15, 0.2) is 23.1 Å². The molecule has 6 heteroatoms. The van der Waals surface area contributed by atoms with E-state index >= 15 is 0 Å². The maximum absolute atomic E-state index is 11.6. The molecule has 0 atom stereocenters. The fourth-order valence-corrected chi connectivity index (χ4v) is 2.24. The average molecular weight is 293 g/mol. The first-order chi connectivity index (χ1) is 9.73. The van der Waals surface area contributed by atoms with Crippen molar-refractivity contribution in [3.05, 3.63) is 28.7 Å². The lowest BCUT2D eigenvalue weighted by Gasteiger charge is -2.37. The van der Waals surface area contributed by atoms with E-state index in [9.17, 15) is 9.59 Å². The van der Waals surface area contributed by atoms with Gasteiger partial charge < -0.3 is 19.9 Å². The minimum Gasteiger partial charge on any atom is -0.444 e. The number of ether oxygens (including phenoxy) is 1. The Morgan fingerprint density at radius 1 is 1.29 bits per heavy atom. The summed E-state index contributed by atoms with van der Waals surface area (Å²) in [7, 11) is 1.72. The molecule has 0 saturated heterocycles. The van der Waals surface area contributed by atoms with E-state index in [1.807, 2.05) is 20.8 Å². The maximum Gasteiger partial charge on any atom is 0.407 e. The van der Waals surface area contributed by atoms with Crippen molar-refractivity contribution in [2.45, 2.75) is 51.3 Å². The lowest BCUT2D eigenvalue weighted by atomic mass is 9.87. The number of alkyl carbamates (subject to hydrolysis) is 1. The molecule has 1 amide bonds. The molecule has 6 nitrogen and oxygen atoms in total. The van der Waals surface area contributed by atoms with Gasteiger partial charge in [0.15, 0.2) is 0 Å². The molecule has 0 unspecified atom stereocenters. The van der Waals surface area contributed by atoms with Gasteiger partial charge in [0, 0.05) is 31.4 Å². The summed E-state index contributed by atoms with van der Waals surface area (Å²) < 4.78 is 6.76. The highest BCUT2D eigenvalue weighted by atomic mass is 16.6. The maximum atomic E-state index is 11.6. The third kappa shape index (κ3) is 4.51. The average Bonchev–Trinajstić information content (AvgIpc) is 2.28. The number of aryl methyl sites for hydroxylation is 1. The van der Waals surface area contributed by atoms with Crippen LogP contribution in [-0.2, 0) is 11.8 Å². The zero-order chi connectivity index (χ0) is 15.6. The van der Waals surface area contributed by atoms with E-state index in [-0.39, 0.29) is 17.7 Å². The minimum atomic E-state index is -0.472. The van der Waals surface area contributed by atoms with Gasteiger partial charge in [0.2, 0.25) is 5.56 Å². The van der Waals surface area contributed by atoms with Gasteiger partial charge in [-0.05, 0) is 39.7 Å². The molecule has 2 rings (SSSR count). The second-order valence-corrected chi connectivity index (χ2v) is 6.52. The van der Waals surface area contributed by atoms with Gasteiger partial charge in [-0.3, -0.25) is 4.79 Å². The van der Waals surface area contributed by atoms with Crippen molar-refractivity contribution in [2.24, 2.45) is 7.05 Å². The zero-order valence-electron chi connectivity index (χ0n) is 13.0. The van der Waals surface area contributed by atoms with E-state index in [0.717, 1.165) is 18.5 Å². The van der Waals surface area contributed by atoms with Crippen molar-refractivity contribution in [3.8, 4) is 0 Å². The van der Waals surface area contributed by atoms with Crippen molar-refractivity contribution in [1.29, 1.82) is 0 Å². The number of aromatic nitrogens is 1. The van der Waals surface area contributed by atoms with E-state index in [0.29, 0.717) is 6.04 Å². The molecular formula is C15H23N3O3. The van der Waals surface area contributed by atoms with Crippen LogP contribution in [0.3, 0.4) is 0 Å². The highest BCUT2D eigenvalue weighted by Crippen LogP contribution is 2.24. The van der Waals surface area contributed by atoms with E-state index in [1.165, 1.54) is 10.6 Å². The second-order valence-electron chi connectivity index (χ2n) is 6.52. The molecule has 0 aliphatic heterocycles. The summed E-state index contributed by atoms with van der Waals surface area (Å²) in [5.41, 5.74) is 0.414. The van der Waals surface area contributed by atoms with Gasteiger partial charge in [0.05, 0.1) is 5.69 Å². The monoisotopic (exact) mass is 293 g/mol. The molecule has 0 radical (unpaired) electrons. The quantitative estimate of drug-likeness (QED) is 0.892. The van der Waals surface area contributed by atoms with Gasteiger partial charge in [0.25, 0.3) is 0 Å². The summed E-state index contributed by atoms with van der Waals surface area (Å²) in [4.78, 5) is 22.9. The highest BCUT2D eigenvalue weighted by Gasteiger charge is 2.31. The number of rotatable bonds is 3. The summed E-state index contributed by atoms with van der Waals surface area (Å²) in [5.74, 6) is 0. The van der Waals surface area contributed by atoms with Crippen LogP contribution < -0.4 is 16.2 Å². The molecule has 1 heterocycles. The number of nitrogens with zero attached hydrogens (tertiary/aromatic N) is 1. The normalized spacial score (nSPS) is 21.3. The third-order valence-corrected chi connectivity index (χ3v) is 3.32. The fourth-order valence-electron chi connectivity index (χ4n) is 2.24. The molecule has 2 N–H and O–H groups in total. The molecule has 1 fully saturated rings. The predicted octanol–water partition coefficient (Wildman–Crippen LogP) is 1.85. The first kappa shape index (κ1) is 15.4.